The van der Waals surface area contributed by atoms with Crippen molar-refractivity contribution < 1.29 is 74.6 Å². The monoisotopic (exact) mass is 730 g/mol. The van der Waals surface area contributed by atoms with E-state index in [0.717, 1.165) is 13.1 Å². The second-order valence-electron chi connectivity index (χ2n) is 11.0. The van der Waals surface area contributed by atoms with Crippen molar-refractivity contribution >= 4 is 35.7 Å². The first-order chi connectivity index (χ1) is 20.4. The molecule has 0 fully saturated rings. The van der Waals surface area contributed by atoms with Crippen LogP contribution in [0.5, 0.6) is 0 Å². The number of nitrogens with zero attached hydrogens (tertiary/aromatic N) is 4. The molecule has 0 spiro atoms. The normalized spacial score (nSPS) is 10.8. The molecule has 0 unspecified atom stereocenters. The first-order valence-electron chi connectivity index (χ1n) is 14.4. The molecule has 2 aromatic heterocycles. The van der Waals surface area contributed by atoms with Gasteiger partial charge in [-0.2, -0.15) is 0 Å². The van der Waals surface area contributed by atoms with Gasteiger partial charge in [0.05, 0.1) is 0 Å². The number of pyridine rings is 2. The zero-order valence-electron chi connectivity index (χ0n) is 26.2. The Labute approximate surface area is 313 Å². The molecule has 3 aromatic carbocycles. The van der Waals surface area contributed by atoms with Crippen LogP contribution in [0.2, 0.25) is 0 Å². The molecule has 0 aliphatic carbocycles. The van der Waals surface area contributed by atoms with E-state index < -0.39 is 0 Å². The summed E-state index contributed by atoms with van der Waals surface area (Å²) in [6, 6.07) is 34.6. The van der Waals surface area contributed by atoms with E-state index in [2.05, 4.69) is 193 Å². The molecule has 0 saturated carbocycles. The maximum Gasteiger partial charge on any atom is 0.174 e. The molecule has 4 nitrogen and oxygen atoms in total. The molecule has 0 amide bonds. The first kappa shape index (κ1) is 35.7. The number of hydrogen-bond donors (Lipinski definition) is 0. The number of hydrogen-bond acceptors (Lipinski definition) is 2. The minimum absolute atomic E-state index is 0. The molecule has 0 atom stereocenters. The van der Waals surface area contributed by atoms with Gasteiger partial charge in [0, 0.05) is 140 Å². The van der Waals surface area contributed by atoms with Crippen LogP contribution in [0.25, 0.3) is 24.3 Å². The fourth-order valence-corrected chi connectivity index (χ4v) is 4.78. The van der Waals surface area contributed by atoms with Gasteiger partial charge >= 0.3 is 0 Å². The van der Waals surface area contributed by atoms with Gasteiger partial charge in [0.1, 0.15) is 0 Å². The molecule has 0 N–H and O–H groups in total. The van der Waals surface area contributed by atoms with Crippen LogP contribution >= 0.6 is 0 Å². The molecule has 2 radical (unpaired) electrons. The van der Waals surface area contributed by atoms with Gasteiger partial charge in [-0.3, -0.25) is 0 Å². The summed E-state index contributed by atoms with van der Waals surface area (Å²) in [4.78, 5) is 4.23. The second kappa shape index (κ2) is 17.7. The van der Waals surface area contributed by atoms with Crippen LogP contribution in [0, 0.1) is 0 Å². The van der Waals surface area contributed by atoms with Crippen LogP contribution in [0.3, 0.4) is 0 Å². The van der Waals surface area contributed by atoms with E-state index in [4.69, 9.17) is 0 Å². The van der Waals surface area contributed by atoms with Crippen LogP contribution in [0.1, 0.15) is 33.4 Å². The maximum atomic E-state index is 2.24. The van der Waals surface area contributed by atoms with E-state index in [1.807, 2.05) is 0 Å². The third-order valence-corrected chi connectivity index (χ3v) is 7.41. The molecule has 5 aromatic rings. The maximum absolute atomic E-state index is 2.24. The van der Waals surface area contributed by atoms with Crippen LogP contribution in [-0.4, -0.2) is 28.2 Å². The Bertz CT molecular complexity index is 1510. The molecule has 0 bridgehead atoms. The molecule has 0 aliphatic rings. The number of rotatable bonds is 10. The number of benzene rings is 3. The van der Waals surface area contributed by atoms with Crippen LogP contribution < -0.4 is 18.9 Å². The summed E-state index contributed by atoms with van der Waals surface area (Å²) in [6.45, 7) is 1.67. The Morgan fingerprint density at radius 1 is 0.432 bits per heavy atom. The van der Waals surface area contributed by atoms with Gasteiger partial charge in [-0.1, -0.05) is 72.8 Å². The average molecular weight is 731 g/mol. The van der Waals surface area contributed by atoms with Gasteiger partial charge in [0.2, 0.25) is 0 Å². The fraction of sp³-hybridized carbons (Fsp3) is 0.158. The number of anilines is 2. The van der Waals surface area contributed by atoms with Crippen molar-refractivity contribution in [2.75, 3.05) is 38.0 Å². The van der Waals surface area contributed by atoms with Crippen molar-refractivity contribution in [1.29, 1.82) is 0 Å². The third-order valence-electron chi connectivity index (χ3n) is 7.41. The molecular weight excluding hydrogens is 690 g/mol. The molecular formula is C38H40N4Y2+2. The van der Waals surface area contributed by atoms with Crippen molar-refractivity contribution in [3.8, 4) is 0 Å². The quantitative estimate of drug-likeness (QED) is 0.147. The summed E-state index contributed by atoms with van der Waals surface area (Å²) in [5.74, 6) is 0. The Morgan fingerprint density at radius 3 is 1.02 bits per heavy atom. The summed E-state index contributed by atoms with van der Waals surface area (Å²) in [7, 11) is 8.24. The van der Waals surface area contributed by atoms with Crippen molar-refractivity contribution in [2.24, 2.45) is 0 Å². The predicted octanol–water partition coefficient (Wildman–Crippen LogP) is 6.83. The number of aromatic nitrogens is 2. The van der Waals surface area contributed by atoms with Crippen molar-refractivity contribution in [3.63, 3.8) is 0 Å². The van der Waals surface area contributed by atoms with Crippen molar-refractivity contribution in [2.45, 2.75) is 13.1 Å². The van der Waals surface area contributed by atoms with E-state index in [0.29, 0.717) is 0 Å². The fourth-order valence-electron chi connectivity index (χ4n) is 4.78. The zero-order valence-corrected chi connectivity index (χ0v) is 31.9. The van der Waals surface area contributed by atoms with E-state index in [9.17, 15) is 0 Å². The summed E-state index contributed by atoms with van der Waals surface area (Å²) < 4.78 is 4.48. The molecule has 6 heteroatoms. The van der Waals surface area contributed by atoms with Crippen molar-refractivity contribution in [3.05, 3.63) is 155 Å². The van der Waals surface area contributed by atoms with Crippen molar-refractivity contribution in [1.82, 2.24) is 0 Å². The van der Waals surface area contributed by atoms with Gasteiger partial charge in [0.25, 0.3) is 0 Å². The molecule has 216 valence electrons. The summed E-state index contributed by atoms with van der Waals surface area (Å²) in [5, 5.41) is 0. The zero-order chi connectivity index (χ0) is 29.3. The summed E-state index contributed by atoms with van der Waals surface area (Å²) >= 11 is 0. The smallest absolute Gasteiger partial charge is 0.174 e. The topological polar surface area (TPSA) is 14.2 Å². The largest absolute Gasteiger partial charge is 0.378 e. The summed E-state index contributed by atoms with van der Waals surface area (Å²) in [5.41, 5.74) is 9.83. The minimum atomic E-state index is 0. The average Bonchev–Trinajstić information content (AvgIpc) is 3.02. The first-order valence-corrected chi connectivity index (χ1v) is 14.4. The second-order valence-corrected chi connectivity index (χ2v) is 11.0. The van der Waals surface area contributed by atoms with Gasteiger partial charge in [-0.25, -0.2) is 9.13 Å². The Hall–Kier alpha value is -2.75. The molecule has 44 heavy (non-hydrogen) atoms. The molecule has 0 saturated heterocycles. The van der Waals surface area contributed by atoms with E-state index in [-0.39, 0.29) is 65.4 Å². The Balaban J connectivity index is 0.00000264. The van der Waals surface area contributed by atoms with Gasteiger partial charge in [-0.15, -0.1) is 0 Å². The molecule has 2 heterocycles. The summed E-state index contributed by atoms with van der Waals surface area (Å²) in [6.07, 6.45) is 17.3. The standard InChI is InChI=1S/C38H40N4.2Y/c1-39(2)37-17-13-31(14-18-37)9-11-33-21-25-41(26-22-33)29-35-7-5-6-8-36(35)30-42-27-23-34(24-28-42)12-10-32-15-19-38(20-16-32)40(3)4;;/h5-28H,29-30H2,1-4H3;;/q+2;;. The third kappa shape index (κ3) is 10.4. The SMILES string of the molecule is CN(C)c1ccc(C=Cc2cc[n+](Cc3ccccc3C[n+]3ccc(C=Cc4ccc(N(C)C)cc4)cc3)cc2)cc1.[Y].[Y]. The predicted molar refractivity (Wildman–Crippen MR) is 177 cm³/mol. The van der Waals surface area contributed by atoms with Gasteiger partial charge in [0.15, 0.2) is 37.9 Å². The van der Waals surface area contributed by atoms with Crippen LogP contribution in [0.4, 0.5) is 11.4 Å². The van der Waals surface area contributed by atoms with Crippen LogP contribution in [0.15, 0.2) is 122 Å². The molecule has 0 aliphatic heterocycles. The van der Waals surface area contributed by atoms with E-state index >= 15 is 0 Å². The minimum Gasteiger partial charge on any atom is -0.378 e. The Morgan fingerprint density at radius 2 is 0.727 bits per heavy atom. The van der Waals surface area contributed by atoms with E-state index in [1.165, 1.54) is 44.8 Å². The van der Waals surface area contributed by atoms with E-state index in [1.54, 1.807) is 0 Å². The molecule has 5 rings (SSSR count). The Kier molecular flexibility index (Phi) is 14.3. The van der Waals surface area contributed by atoms with Gasteiger partial charge in [-0.05, 0) is 46.5 Å². The van der Waals surface area contributed by atoms with Crippen LogP contribution in [-0.2, 0) is 78.5 Å². The van der Waals surface area contributed by atoms with Gasteiger partial charge < -0.3 is 9.80 Å².